The minimum absolute atomic E-state index is 0.204. The van der Waals surface area contributed by atoms with Gasteiger partial charge in [-0.15, -0.1) is 0 Å². The molecule has 0 aromatic rings. The first kappa shape index (κ1) is 21.2. The molecule has 8 nitrogen and oxygen atoms in total. The van der Waals surface area contributed by atoms with Gasteiger partial charge in [0.05, 0.1) is 19.5 Å². The summed E-state index contributed by atoms with van der Waals surface area (Å²) < 4.78 is 1.46. The third-order valence-corrected chi connectivity index (χ3v) is 6.91. The Morgan fingerprint density at radius 2 is 1.82 bits per heavy atom. The van der Waals surface area contributed by atoms with Crippen LogP contribution < -0.4 is 0 Å². The van der Waals surface area contributed by atoms with E-state index in [1.807, 2.05) is 17.3 Å². The van der Waals surface area contributed by atoms with Gasteiger partial charge in [-0.05, 0) is 12.8 Å². The summed E-state index contributed by atoms with van der Waals surface area (Å²) in [5, 5.41) is 7.00. The van der Waals surface area contributed by atoms with E-state index >= 15 is 0 Å². The van der Waals surface area contributed by atoms with Crippen molar-refractivity contribution in [1.82, 2.24) is 14.7 Å². The molecule has 4 heterocycles. The third-order valence-electron chi connectivity index (χ3n) is 6.00. The van der Waals surface area contributed by atoms with Gasteiger partial charge in [0.15, 0.2) is 5.82 Å². The van der Waals surface area contributed by atoms with Crippen LogP contribution in [0.25, 0.3) is 0 Å². The van der Waals surface area contributed by atoms with Gasteiger partial charge in [-0.25, -0.2) is 4.48 Å². The molecule has 1 unspecified atom stereocenters. The van der Waals surface area contributed by atoms with Crippen molar-refractivity contribution >= 4 is 32.8 Å². The van der Waals surface area contributed by atoms with Crippen LogP contribution in [0.5, 0.6) is 0 Å². The highest BCUT2D eigenvalue weighted by atomic mass is 79.9. The zero-order chi connectivity index (χ0) is 20.3. The minimum atomic E-state index is 0.204. The number of rotatable bonds is 2. The summed E-state index contributed by atoms with van der Waals surface area (Å²) in [6, 6.07) is 0.601. The Bertz CT molecular complexity index is 718. The van der Waals surface area contributed by atoms with Crippen molar-refractivity contribution < 1.29 is 14.4 Å². The fourth-order valence-corrected chi connectivity index (χ4v) is 4.72. The van der Waals surface area contributed by atoms with Crippen molar-refractivity contribution in [3.63, 3.8) is 0 Å². The number of piperidine rings is 1. The van der Waals surface area contributed by atoms with Crippen LogP contribution in [0.15, 0.2) is 33.9 Å². The molecule has 4 rings (SSSR count). The first-order valence-corrected chi connectivity index (χ1v) is 10.5. The summed E-state index contributed by atoms with van der Waals surface area (Å²) >= 11 is 3.63. The lowest BCUT2D eigenvalue weighted by Crippen LogP contribution is -2.53. The first-order valence-electron chi connectivity index (χ1n) is 9.75. The number of hydrogen-bond acceptors (Lipinski definition) is 6. The number of nitrogens with zero attached hydrogens (tertiary/aromatic N) is 6. The fourth-order valence-electron chi connectivity index (χ4n) is 4.24. The van der Waals surface area contributed by atoms with Gasteiger partial charge in [0.2, 0.25) is 11.6 Å². The Labute approximate surface area is 175 Å². The molecule has 0 bridgehead atoms. The number of fused-ring (bicyclic) bond motifs is 1. The summed E-state index contributed by atoms with van der Waals surface area (Å²) in [6.07, 6.45) is 7.98. The second-order valence-electron chi connectivity index (χ2n) is 7.50. The van der Waals surface area contributed by atoms with Gasteiger partial charge in [0.25, 0.3) is 4.74 Å². The molecule has 4 aliphatic heterocycles. The largest absolute Gasteiger partial charge is 0.400 e. The average Bonchev–Trinajstić information content (AvgIpc) is 3.01. The summed E-state index contributed by atoms with van der Waals surface area (Å²) in [4.78, 5) is 27.6. The number of aliphatic hydroxyl groups excluding tert-OH is 1. The van der Waals surface area contributed by atoms with Gasteiger partial charge in [0.1, 0.15) is 6.20 Å². The van der Waals surface area contributed by atoms with E-state index in [0.29, 0.717) is 10.5 Å². The maximum Gasteiger partial charge on any atom is 0.283 e. The number of carbonyl (C=O) groups is 1. The normalized spacial score (nSPS) is 28.1. The topological polar surface area (TPSA) is 71.7 Å². The molecule has 0 aliphatic carbocycles. The van der Waals surface area contributed by atoms with Gasteiger partial charge in [-0.2, -0.15) is 4.99 Å². The van der Waals surface area contributed by atoms with Crippen molar-refractivity contribution in [2.75, 3.05) is 53.4 Å². The number of aliphatic imine (C=N–C) groups is 2. The maximum absolute atomic E-state index is 11.5. The van der Waals surface area contributed by atoms with Crippen LogP contribution in [0.2, 0.25) is 0 Å². The Hall–Kier alpha value is -1.55. The van der Waals surface area contributed by atoms with Crippen LogP contribution in [0.3, 0.4) is 0 Å². The number of carbonyl (C=O) groups excluding carboxylic acids is 1. The molecule has 2 fully saturated rings. The Morgan fingerprint density at radius 3 is 2.43 bits per heavy atom. The molecule has 0 radical (unpaired) electrons. The van der Waals surface area contributed by atoms with Crippen molar-refractivity contribution in [1.29, 1.82) is 0 Å². The molecule has 0 spiro atoms. The number of amides is 1. The average molecular weight is 454 g/mol. The zero-order valence-electron chi connectivity index (χ0n) is 16.9. The number of piperazine rings is 1. The highest BCUT2D eigenvalue weighted by Gasteiger charge is 2.42. The molecular formula is C19H30BrN6O2+. The van der Waals surface area contributed by atoms with Crippen molar-refractivity contribution in [2.45, 2.75) is 25.8 Å². The molecule has 0 aromatic heterocycles. The molecule has 4 aliphatic rings. The number of hydrogen-bond donors (Lipinski definition) is 1. The summed E-state index contributed by atoms with van der Waals surface area (Å²) in [6.45, 7) is 7.51. The van der Waals surface area contributed by atoms with E-state index in [1.165, 1.54) is 0 Å². The molecule has 154 valence electrons. The molecule has 2 saturated heterocycles. The summed E-state index contributed by atoms with van der Waals surface area (Å²) in [5.74, 6) is 1.24. The van der Waals surface area contributed by atoms with E-state index in [4.69, 9.17) is 10.1 Å². The van der Waals surface area contributed by atoms with Gasteiger partial charge >= 0.3 is 0 Å². The second kappa shape index (κ2) is 8.86. The van der Waals surface area contributed by atoms with Crippen LogP contribution in [0, 0.1) is 0 Å². The van der Waals surface area contributed by atoms with Crippen LogP contribution >= 0.6 is 15.9 Å². The van der Waals surface area contributed by atoms with Gasteiger partial charge in [-0.3, -0.25) is 14.7 Å². The molecule has 0 aromatic carbocycles. The van der Waals surface area contributed by atoms with Crippen LogP contribution in [0.4, 0.5) is 0 Å². The monoisotopic (exact) mass is 453 g/mol. The maximum atomic E-state index is 11.5. The minimum Gasteiger partial charge on any atom is -0.400 e. The lowest BCUT2D eigenvalue weighted by molar-refractivity contribution is -0.709. The van der Waals surface area contributed by atoms with Crippen LogP contribution in [-0.4, -0.2) is 101 Å². The molecular weight excluding hydrogens is 424 g/mol. The Morgan fingerprint density at radius 1 is 1.18 bits per heavy atom. The summed E-state index contributed by atoms with van der Waals surface area (Å²) in [7, 11) is 3.12. The van der Waals surface area contributed by atoms with Crippen molar-refractivity contribution in [3.8, 4) is 0 Å². The smallest absolute Gasteiger partial charge is 0.283 e. The van der Waals surface area contributed by atoms with Gasteiger partial charge < -0.3 is 14.9 Å². The molecule has 1 atom stereocenters. The highest BCUT2D eigenvalue weighted by Crippen LogP contribution is 2.34. The lowest BCUT2D eigenvalue weighted by Gasteiger charge is -2.43. The standard InChI is InChI=1S/C18H26BrN6O.CH4O/c1-14(26)22-6-3-15(4-7-22)23-8-10-24(11-9-23)17-16-13-20-5-12-25(16,2)18(19)21-17;1-2/h5,12-13,15H,3-4,6-11H2,1-2H3;2H,1H3/q+1;. The van der Waals surface area contributed by atoms with Gasteiger partial charge in [0, 0.05) is 75.3 Å². The number of quaternary nitrogens is 1. The molecule has 28 heavy (non-hydrogen) atoms. The predicted molar refractivity (Wildman–Crippen MR) is 114 cm³/mol. The quantitative estimate of drug-likeness (QED) is 0.502. The Kier molecular flexibility index (Phi) is 6.69. The summed E-state index contributed by atoms with van der Waals surface area (Å²) in [5.41, 5.74) is 1.13. The SMILES string of the molecule is CC(=O)N1CCC(N2CCN(C3=C4C=NC=C[N+]4(C)C(Br)=N3)CC2)CC1.CO. The lowest BCUT2D eigenvalue weighted by atomic mass is 10.0. The number of allylic oxidation sites excluding steroid dienone is 1. The third kappa shape index (κ3) is 3.94. The molecule has 1 N–H and O–H groups in total. The number of halogens is 1. The fraction of sp³-hybridized carbons (Fsp3) is 0.632. The van der Waals surface area contributed by atoms with E-state index in [0.717, 1.165) is 75.5 Å². The van der Waals surface area contributed by atoms with E-state index in [9.17, 15) is 4.79 Å². The van der Waals surface area contributed by atoms with Crippen molar-refractivity contribution in [3.05, 3.63) is 23.9 Å². The van der Waals surface area contributed by atoms with Gasteiger partial charge in [-0.1, -0.05) is 0 Å². The number of aliphatic hydroxyl groups is 1. The Balaban J connectivity index is 0.00000109. The second-order valence-corrected chi connectivity index (χ2v) is 8.21. The molecule has 9 heteroatoms. The van der Waals surface area contributed by atoms with Crippen molar-refractivity contribution in [2.24, 2.45) is 9.98 Å². The zero-order valence-corrected chi connectivity index (χ0v) is 18.5. The van der Waals surface area contributed by atoms with E-state index in [-0.39, 0.29) is 5.91 Å². The molecule has 1 amide bonds. The number of amidine groups is 1. The molecule has 0 saturated carbocycles. The first-order chi connectivity index (χ1) is 13.5. The van der Waals surface area contributed by atoms with E-state index < -0.39 is 0 Å². The van der Waals surface area contributed by atoms with Crippen LogP contribution in [0.1, 0.15) is 19.8 Å². The predicted octanol–water partition coefficient (Wildman–Crippen LogP) is 1.16. The highest BCUT2D eigenvalue weighted by molar-refractivity contribution is 9.18. The van der Waals surface area contributed by atoms with E-state index in [1.54, 1.807) is 6.92 Å². The van der Waals surface area contributed by atoms with E-state index in [2.05, 4.69) is 44.0 Å². The van der Waals surface area contributed by atoms with Crippen LogP contribution in [-0.2, 0) is 4.79 Å². The number of likely N-dealkylation sites (tertiary alicyclic amines) is 1.